The summed E-state index contributed by atoms with van der Waals surface area (Å²) in [7, 11) is 1.65. The number of aliphatic hydroxyl groups excluding tert-OH is 1. The maximum absolute atomic E-state index is 12.8. The van der Waals surface area contributed by atoms with Gasteiger partial charge in [-0.2, -0.15) is 14.9 Å². The molecule has 3 rings (SSSR count). The van der Waals surface area contributed by atoms with E-state index in [1.54, 1.807) is 31.3 Å². The molecule has 0 aliphatic rings. The van der Waals surface area contributed by atoms with E-state index in [-0.39, 0.29) is 11.3 Å². The first-order chi connectivity index (χ1) is 13.8. The van der Waals surface area contributed by atoms with E-state index in [1.807, 2.05) is 0 Å². The summed E-state index contributed by atoms with van der Waals surface area (Å²) in [6, 6.07) is 7.81. The number of amides is 1. The molecule has 29 heavy (non-hydrogen) atoms. The number of nitrogens with zero attached hydrogens (tertiary/aromatic N) is 4. The van der Waals surface area contributed by atoms with Crippen LogP contribution in [0.1, 0.15) is 10.4 Å². The lowest BCUT2D eigenvalue weighted by Gasteiger charge is -2.12. The van der Waals surface area contributed by atoms with Crippen LogP contribution in [0.25, 0.3) is 16.9 Å². The zero-order valence-electron chi connectivity index (χ0n) is 15.1. The van der Waals surface area contributed by atoms with Gasteiger partial charge in [-0.3, -0.25) is 14.3 Å². The third-order valence-corrected chi connectivity index (χ3v) is 4.25. The van der Waals surface area contributed by atoms with E-state index in [2.05, 4.69) is 15.5 Å². The third-order valence-electron chi connectivity index (χ3n) is 3.99. The molecule has 0 aliphatic heterocycles. The van der Waals surface area contributed by atoms with Crippen molar-refractivity contribution in [1.29, 1.82) is 0 Å². The number of aromatic nitrogens is 4. The fourth-order valence-corrected chi connectivity index (χ4v) is 2.62. The summed E-state index contributed by atoms with van der Waals surface area (Å²) in [5.41, 5.74) is 0.0865. The third kappa shape index (κ3) is 4.66. The number of alkyl halides is 2. The second-order valence-electron chi connectivity index (χ2n) is 6.15. The Hall–Kier alpha value is -3.11. The monoisotopic (exact) mass is 423 g/mol. The Bertz CT molecular complexity index is 1080. The van der Waals surface area contributed by atoms with Gasteiger partial charge in [0.2, 0.25) is 0 Å². The summed E-state index contributed by atoms with van der Waals surface area (Å²) in [6.45, 7) is -0.707. The molecular weight excluding hydrogens is 408 g/mol. The highest BCUT2D eigenvalue weighted by Gasteiger charge is 2.21. The van der Waals surface area contributed by atoms with E-state index < -0.39 is 30.5 Å². The number of aryl methyl sites for hydroxylation is 1. The van der Waals surface area contributed by atoms with Crippen LogP contribution in [-0.4, -0.2) is 49.6 Å². The zero-order valence-corrected chi connectivity index (χ0v) is 15.8. The lowest BCUT2D eigenvalue weighted by Crippen LogP contribution is -2.39. The van der Waals surface area contributed by atoms with Crippen LogP contribution in [0.15, 0.2) is 47.5 Å². The van der Waals surface area contributed by atoms with E-state index >= 15 is 0 Å². The Balaban J connectivity index is 2.06. The van der Waals surface area contributed by atoms with Gasteiger partial charge in [-0.1, -0.05) is 23.7 Å². The topological polar surface area (TPSA) is 102 Å². The van der Waals surface area contributed by atoms with Crippen LogP contribution in [0.3, 0.4) is 0 Å². The molecule has 11 heteroatoms. The van der Waals surface area contributed by atoms with Crippen molar-refractivity contribution in [3.63, 3.8) is 0 Å². The predicted molar refractivity (Wildman–Crippen MR) is 101 cm³/mol. The Kier molecular flexibility index (Phi) is 6.04. The van der Waals surface area contributed by atoms with Crippen molar-refractivity contribution in [1.82, 2.24) is 24.9 Å². The standard InChI is InChI=1S/C18H16ClF2N5O3/c1-25-9-12(7-23-25)26-18(29)13(17(28)22-8-15(27)16(20)21)6-14(24-26)10-2-4-11(19)5-3-10/h2-7,9,15-16,27H,8H2,1H3,(H,22,28)/t15-/m1/s1. The van der Waals surface area contributed by atoms with E-state index in [9.17, 15) is 23.5 Å². The van der Waals surface area contributed by atoms with Crippen LogP contribution in [-0.2, 0) is 7.05 Å². The van der Waals surface area contributed by atoms with Gasteiger partial charge in [-0.15, -0.1) is 0 Å². The quantitative estimate of drug-likeness (QED) is 0.627. The van der Waals surface area contributed by atoms with Crippen LogP contribution in [0.5, 0.6) is 0 Å². The average Bonchev–Trinajstić information content (AvgIpc) is 3.12. The normalized spacial score (nSPS) is 12.2. The summed E-state index contributed by atoms with van der Waals surface area (Å²) < 4.78 is 27.4. The number of aliphatic hydroxyl groups is 1. The Morgan fingerprint density at radius 2 is 2.00 bits per heavy atom. The van der Waals surface area contributed by atoms with Crippen molar-refractivity contribution in [2.45, 2.75) is 12.5 Å². The van der Waals surface area contributed by atoms with Gasteiger partial charge in [0, 0.05) is 24.2 Å². The number of nitrogens with one attached hydrogen (secondary N) is 1. The van der Waals surface area contributed by atoms with Crippen molar-refractivity contribution < 1.29 is 18.7 Å². The van der Waals surface area contributed by atoms with Crippen LogP contribution in [0, 0.1) is 0 Å². The van der Waals surface area contributed by atoms with Crippen molar-refractivity contribution in [2.24, 2.45) is 7.05 Å². The molecule has 1 amide bonds. The first-order valence-corrected chi connectivity index (χ1v) is 8.78. The Morgan fingerprint density at radius 3 is 2.59 bits per heavy atom. The molecule has 0 spiro atoms. The summed E-state index contributed by atoms with van der Waals surface area (Å²) in [4.78, 5) is 25.3. The minimum atomic E-state index is -3.02. The van der Waals surface area contributed by atoms with Crippen molar-refractivity contribution in [2.75, 3.05) is 6.54 Å². The van der Waals surface area contributed by atoms with Crippen molar-refractivity contribution in [3.05, 3.63) is 63.7 Å². The molecule has 3 aromatic rings. The summed E-state index contributed by atoms with van der Waals surface area (Å²) >= 11 is 5.90. The SMILES string of the molecule is Cn1cc(-n2nc(-c3ccc(Cl)cc3)cc(C(=O)NC[C@@H](O)C(F)F)c2=O)cn1. The highest BCUT2D eigenvalue weighted by molar-refractivity contribution is 6.30. The average molecular weight is 424 g/mol. The van der Waals surface area contributed by atoms with Gasteiger partial charge in [0.15, 0.2) is 0 Å². The van der Waals surface area contributed by atoms with Gasteiger partial charge in [0.25, 0.3) is 17.9 Å². The summed E-state index contributed by atoms with van der Waals surface area (Å²) in [5.74, 6) is -0.912. The molecule has 0 radical (unpaired) electrons. The van der Waals surface area contributed by atoms with Gasteiger partial charge >= 0.3 is 0 Å². The van der Waals surface area contributed by atoms with Gasteiger partial charge in [0.05, 0.1) is 18.1 Å². The highest BCUT2D eigenvalue weighted by Crippen LogP contribution is 2.20. The smallest absolute Gasteiger partial charge is 0.284 e. The van der Waals surface area contributed by atoms with E-state index in [1.165, 1.54) is 23.1 Å². The second kappa shape index (κ2) is 8.50. The number of hydrogen-bond acceptors (Lipinski definition) is 5. The van der Waals surface area contributed by atoms with Crippen LogP contribution in [0.2, 0.25) is 5.02 Å². The van der Waals surface area contributed by atoms with Gasteiger partial charge in [-0.05, 0) is 18.2 Å². The molecule has 0 bridgehead atoms. The largest absolute Gasteiger partial charge is 0.385 e. The fourth-order valence-electron chi connectivity index (χ4n) is 2.49. The lowest BCUT2D eigenvalue weighted by atomic mass is 10.1. The van der Waals surface area contributed by atoms with Gasteiger partial charge < -0.3 is 10.4 Å². The molecule has 2 heterocycles. The number of carbonyl (C=O) groups excluding carboxylic acids is 1. The van der Waals surface area contributed by atoms with Gasteiger partial charge in [0.1, 0.15) is 17.4 Å². The predicted octanol–water partition coefficient (Wildman–Crippen LogP) is 1.64. The highest BCUT2D eigenvalue weighted by atomic mass is 35.5. The minimum Gasteiger partial charge on any atom is -0.385 e. The Morgan fingerprint density at radius 1 is 1.31 bits per heavy atom. The zero-order chi connectivity index (χ0) is 21.1. The maximum atomic E-state index is 12.8. The van der Waals surface area contributed by atoms with Crippen molar-refractivity contribution >= 4 is 17.5 Å². The minimum absolute atomic E-state index is 0.282. The van der Waals surface area contributed by atoms with Crippen molar-refractivity contribution in [3.8, 4) is 16.9 Å². The summed E-state index contributed by atoms with van der Waals surface area (Å²) in [6.07, 6.45) is -2.15. The van der Waals surface area contributed by atoms with E-state index in [0.717, 1.165) is 4.68 Å². The number of benzene rings is 1. The number of rotatable bonds is 6. The van der Waals surface area contributed by atoms with Crippen LogP contribution in [0.4, 0.5) is 8.78 Å². The van der Waals surface area contributed by atoms with E-state index in [4.69, 9.17) is 11.6 Å². The first-order valence-electron chi connectivity index (χ1n) is 8.40. The number of hydrogen-bond donors (Lipinski definition) is 2. The van der Waals surface area contributed by atoms with E-state index in [0.29, 0.717) is 16.3 Å². The van der Waals surface area contributed by atoms with Crippen LogP contribution < -0.4 is 10.9 Å². The number of halogens is 3. The molecule has 0 aliphatic carbocycles. The molecule has 0 saturated heterocycles. The van der Waals surface area contributed by atoms with Gasteiger partial charge in [-0.25, -0.2) is 8.78 Å². The molecule has 2 N–H and O–H groups in total. The molecule has 1 aromatic carbocycles. The lowest BCUT2D eigenvalue weighted by molar-refractivity contribution is -0.00271. The molecular formula is C18H16ClF2N5O3. The first kappa shape index (κ1) is 20.6. The molecule has 0 saturated carbocycles. The fraction of sp³-hybridized carbons (Fsp3) is 0.222. The number of carbonyl (C=O) groups is 1. The second-order valence-corrected chi connectivity index (χ2v) is 6.59. The molecule has 0 unspecified atom stereocenters. The molecule has 2 aromatic heterocycles. The molecule has 1 atom stereocenters. The van der Waals surface area contributed by atoms with Crippen LogP contribution >= 0.6 is 11.6 Å². The maximum Gasteiger partial charge on any atom is 0.284 e. The molecule has 0 fully saturated rings. The summed E-state index contributed by atoms with van der Waals surface area (Å²) in [5, 5.41) is 20.1. The molecule has 8 nitrogen and oxygen atoms in total. The molecule has 152 valence electrons. The Labute approximate surface area is 168 Å².